The molecule has 6 heteroatoms. The van der Waals surface area contributed by atoms with Crippen LogP contribution in [0.5, 0.6) is 0 Å². The van der Waals surface area contributed by atoms with Gasteiger partial charge in [0.25, 0.3) is 0 Å². The Bertz CT molecular complexity index is 519. The molecule has 0 aromatic carbocycles. The van der Waals surface area contributed by atoms with E-state index in [1.165, 1.54) is 30.7 Å². The monoisotopic (exact) mass is 462 g/mol. The number of rotatable bonds is 5. The van der Waals surface area contributed by atoms with Crippen molar-refractivity contribution in [1.29, 1.82) is 0 Å². The number of halogens is 1. The van der Waals surface area contributed by atoms with Crippen molar-refractivity contribution in [2.45, 2.75) is 45.2 Å². The minimum atomic E-state index is 0. The highest BCUT2D eigenvalue weighted by Crippen LogP contribution is 2.37. The summed E-state index contributed by atoms with van der Waals surface area (Å²) in [7, 11) is 2.26. The summed E-state index contributed by atoms with van der Waals surface area (Å²) in [5.41, 5.74) is 0. The molecule has 2 aliphatic rings. The fourth-order valence-corrected chi connectivity index (χ4v) is 4.57. The van der Waals surface area contributed by atoms with Gasteiger partial charge in [-0.2, -0.15) is 0 Å². The van der Waals surface area contributed by atoms with Gasteiger partial charge in [-0.15, -0.1) is 35.3 Å². The molecule has 4 nitrogen and oxygen atoms in total. The van der Waals surface area contributed by atoms with Crippen LogP contribution in [0.15, 0.2) is 22.5 Å². The summed E-state index contributed by atoms with van der Waals surface area (Å²) in [5, 5.41) is 9.17. The largest absolute Gasteiger partial charge is 0.357 e. The molecule has 1 saturated carbocycles. The third-order valence-electron chi connectivity index (χ3n) is 5.10. The van der Waals surface area contributed by atoms with Gasteiger partial charge in [-0.1, -0.05) is 13.0 Å². The molecule has 0 radical (unpaired) electrons. The van der Waals surface area contributed by atoms with Crippen LogP contribution in [0.3, 0.4) is 0 Å². The smallest absolute Gasteiger partial charge is 0.191 e. The van der Waals surface area contributed by atoms with E-state index in [-0.39, 0.29) is 24.0 Å². The highest BCUT2D eigenvalue weighted by Gasteiger charge is 2.34. The number of aliphatic imine (C=N–C) groups is 1. The van der Waals surface area contributed by atoms with E-state index in [0.29, 0.717) is 18.0 Å². The first kappa shape index (κ1) is 20.0. The van der Waals surface area contributed by atoms with E-state index < -0.39 is 0 Å². The van der Waals surface area contributed by atoms with Crippen molar-refractivity contribution in [3.63, 3.8) is 0 Å². The van der Waals surface area contributed by atoms with Crippen LogP contribution >= 0.6 is 35.3 Å². The predicted octanol–water partition coefficient (Wildman–Crippen LogP) is 3.71. The molecule has 2 heterocycles. The first-order valence-electron chi connectivity index (χ1n) is 8.97. The van der Waals surface area contributed by atoms with Crippen molar-refractivity contribution in [2.75, 3.05) is 26.7 Å². The molecule has 1 aromatic rings. The van der Waals surface area contributed by atoms with E-state index in [0.717, 1.165) is 25.0 Å². The highest BCUT2D eigenvalue weighted by molar-refractivity contribution is 14.0. The molecule has 2 fully saturated rings. The molecule has 0 amide bonds. The standard InChI is InChI=1S/C18H30N4S.HI/c1-4-19-18(21-15-11-13(15)2)20-12-14-7-5-9-22(3)17(14)16-8-6-10-23-16;/h6,8,10,13-15,17H,4-5,7,9,11-12H2,1-3H3,(H2,19,20,21);1H. The molecule has 1 saturated heterocycles. The maximum Gasteiger partial charge on any atom is 0.191 e. The van der Waals surface area contributed by atoms with E-state index in [1.54, 1.807) is 0 Å². The van der Waals surface area contributed by atoms with Crippen LogP contribution in [0.25, 0.3) is 0 Å². The third-order valence-corrected chi connectivity index (χ3v) is 6.04. The van der Waals surface area contributed by atoms with E-state index in [9.17, 15) is 0 Å². The molecule has 4 unspecified atom stereocenters. The van der Waals surface area contributed by atoms with Crippen molar-refractivity contribution < 1.29 is 0 Å². The molecular weight excluding hydrogens is 431 g/mol. The Balaban J connectivity index is 0.00000208. The second kappa shape index (κ2) is 9.38. The molecule has 1 aromatic heterocycles. The molecule has 136 valence electrons. The lowest BCUT2D eigenvalue weighted by molar-refractivity contribution is 0.128. The Hall–Kier alpha value is -0.340. The molecule has 24 heavy (non-hydrogen) atoms. The summed E-state index contributed by atoms with van der Waals surface area (Å²) in [6, 6.07) is 5.59. The predicted molar refractivity (Wildman–Crippen MR) is 115 cm³/mol. The number of piperidine rings is 1. The van der Waals surface area contributed by atoms with E-state index in [2.05, 4.69) is 53.9 Å². The zero-order valence-corrected chi connectivity index (χ0v) is 18.1. The Kier molecular flexibility index (Phi) is 7.81. The molecule has 0 spiro atoms. The number of thiophene rings is 1. The maximum atomic E-state index is 4.92. The van der Waals surface area contributed by atoms with Crippen LogP contribution in [-0.2, 0) is 0 Å². The summed E-state index contributed by atoms with van der Waals surface area (Å²) in [5.74, 6) is 2.40. The fourth-order valence-electron chi connectivity index (χ4n) is 3.59. The Labute approximate surface area is 167 Å². The number of hydrogen-bond donors (Lipinski definition) is 2. The summed E-state index contributed by atoms with van der Waals surface area (Å²) in [6.45, 7) is 7.45. The summed E-state index contributed by atoms with van der Waals surface area (Å²) < 4.78 is 0. The highest BCUT2D eigenvalue weighted by atomic mass is 127. The molecule has 3 rings (SSSR count). The number of likely N-dealkylation sites (tertiary alicyclic amines) is 1. The Morgan fingerprint density at radius 1 is 1.46 bits per heavy atom. The minimum absolute atomic E-state index is 0. The van der Waals surface area contributed by atoms with Crippen LogP contribution in [0.2, 0.25) is 0 Å². The van der Waals surface area contributed by atoms with Crippen LogP contribution in [-0.4, -0.2) is 43.6 Å². The van der Waals surface area contributed by atoms with Gasteiger partial charge < -0.3 is 10.6 Å². The van der Waals surface area contributed by atoms with Crippen molar-refractivity contribution >= 4 is 41.3 Å². The summed E-state index contributed by atoms with van der Waals surface area (Å²) in [4.78, 5) is 8.92. The van der Waals surface area contributed by atoms with Gasteiger partial charge in [0.15, 0.2) is 5.96 Å². The minimum Gasteiger partial charge on any atom is -0.357 e. The number of hydrogen-bond acceptors (Lipinski definition) is 3. The van der Waals surface area contributed by atoms with Gasteiger partial charge in [-0.05, 0) is 63.1 Å². The Morgan fingerprint density at radius 2 is 2.25 bits per heavy atom. The average Bonchev–Trinajstić information content (AvgIpc) is 3.01. The second-order valence-electron chi connectivity index (χ2n) is 7.03. The quantitative estimate of drug-likeness (QED) is 0.398. The lowest BCUT2D eigenvalue weighted by Gasteiger charge is -2.38. The fraction of sp³-hybridized carbons (Fsp3) is 0.722. The lowest BCUT2D eigenvalue weighted by atomic mass is 9.88. The van der Waals surface area contributed by atoms with Gasteiger partial charge in [0, 0.05) is 30.1 Å². The van der Waals surface area contributed by atoms with Crippen molar-refractivity contribution in [1.82, 2.24) is 15.5 Å². The zero-order valence-electron chi connectivity index (χ0n) is 15.0. The average molecular weight is 462 g/mol. The molecule has 2 N–H and O–H groups in total. The maximum absolute atomic E-state index is 4.92. The number of nitrogens with zero attached hydrogens (tertiary/aromatic N) is 2. The van der Waals surface area contributed by atoms with Gasteiger partial charge in [0.1, 0.15) is 0 Å². The van der Waals surface area contributed by atoms with Crippen molar-refractivity contribution in [3.8, 4) is 0 Å². The zero-order chi connectivity index (χ0) is 16.2. The third kappa shape index (κ3) is 5.08. The molecule has 4 atom stereocenters. The van der Waals surface area contributed by atoms with Crippen molar-refractivity contribution in [2.24, 2.45) is 16.8 Å². The number of nitrogens with one attached hydrogen (secondary N) is 2. The van der Waals surface area contributed by atoms with E-state index in [4.69, 9.17) is 4.99 Å². The molecular formula is C18H31IN4S. The normalized spacial score (nSPS) is 30.5. The van der Waals surface area contributed by atoms with Crippen LogP contribution in [0.4, 0.5) is 0 Å². The van der Waals surface area contributed by atoms with Crippen molar-refractivity contribution in [3.05, 3.63) is 22.4 Å². The first-order valence-corrected chi connectivity index (χ1v) is 9.85. The van der Waals surface area contributed by atoms with Gasteiger partial charge in [-0.3, -0.25) is 9.89 Å². The summed E-state index contributed by atoms with van der Waals surface area (Å²) >= 11 is 1.88. The van der Waals surface area contributed by atoms with Gasteiger partial charge in [0.2, 0.25) is 0 Å². The molecule has 0 bridgehead atoms. The topological polar surface area (TPSA) is 39.7 Å². The van der Waals surface area contributed by atoms with Crippen LogP contribution in [0.1, 0.15) is 44.0 Å². The van der Waals surface area contributed by atoms with E-state index in [1.807, 2.05) is 11.3 Å². The van der Waals surface area contributed by atoms with Gasteiger partial charge in [-0.25, -0.2) is 0 Å². The molecule has 1 aliphatic carbocycles. The van der Waals surface area contributed by atoms with Gasteiger partial charge >= 0.3 is 0 Å². The first-order chi connectivity index (χ1) is 11.2. The van der Waals surface area contributed by atoms with Gasteiger partial charge in [0.05, 0.1) is 0 Å². The van der Waals surface area contributed by atoms with E-state index >= 15 is 0 Å². The Morgan fingerprint density at radius 3 is 2.88 bits per heavy atom. The molecule has 1 aliphatic heterocycles. The van der Waals surface area contributed by atoms with Crippen LogP contribution in [0, 0.1) is 11.8 Å². The summed E-state index contributed by atoms with van der Waals surface area (Å²) in [6.07, 6.45) is 3.83. The SMILES string of the molecule is CCNC(=NCC1CCCN(C)C1c1cccs1)NC1CC1C.I. The number of guanidine groups is 1. The lowest BCUT2D eigenvalue weighted by Crippen LogP contribution is -2.41. The second-order valence-corrected chi connectivity index (χ2v) is 8.01. The van der Waals surface area contributed by atoms with Crippen LogP contribution < -0.4 is 10.6 Å².